The van der Waals surface area contributed by atoms with Crippen LogP contribution >= 0.6 is 0 Å². The fourth-order valence-corrected chi connectivity index (χ4v) is 5.74. The minimum atomic E-state index is -4.89. The molecule has 0 fully saturated rings. The van der Waals surface area contributed by atoms with Crippen LogP contribution in [0.1, 0.15) is 0 Å². The number of nitrogens with one attached hydrogen (secondary N) is 1. The first-order valence-electron chi connectivity index (χ1n) is 10.2. The van der Waals surface area contributed by atoms with E-state index < -0.39 is 74.2 Å². The molecular weight excluding hydrogens is 629 g/mol. The van der Waals surface area contributed by atoms with E-state index in [1.54, 1.807) is 0 Å². The van der Waals surface area contributed by atoms with Crippen molar-refractivity contribution in [2.75, 3.05) is 23.6 Å². The Hall–Kier alpha value is -2.24. The van der Waals surface area contributed by atoms with Crippen LogP contribution in [0.4, 0.5) is 17.1 Å². The number of hydrogen-bond acceptors (Lipinski definition) is 13. The summed E-state index contributed by atoms with van der Waals surface area (Å²) in [5, 5.41) is 20.5. The third-order valence-corrected chi connectivity index (χ3v) is 8.35. The maximum absolute atomic E-state index is 12.7. The second-order valence-corrected chi connectivity index (χ2v) is 13.7. The minimum Gasteiger partial charge on any atom is -0.507 e. The van der Waals surface area contributed by atoms with Gasteiger partial charge in [0.25, 0.3) is 20.2 Å². The molecule has 0 aromatic heterocycles. The van der Waals surface area contributed by atoms with Crippen LogP contribution in [0, 0.1) is 0 Å². The predicted molar refractivity (Wildman–Crippen MR) is 141 cm³/mol. The Bertz CT molecular complexity index is 1890. The molecule has 0 saturated heterocycles. The van der Waals surface area contributed by atoms with Crippen molar-refractivity contribution >= 4 is 97.9 Å². The molecule has 213 valence electrons. The molecular formula is C19H19N3NaO13S4. The average molecular weight is 649 g/mol. The predicted octanol–water partition coefficient (Wildman–Crippen LogP) is 1.68. The number of phenolic OH excluding ortho intramolecular Hbond substituents is 1. The summed E-state index contributed by atoms with van der Waals surface area (Å²) >= 11 is 0. The van der Waals surface area contributed by atoms with Gasteiger partial charge in [-0.2, -0.15) is 25.3 Å². The number of anilines is 1. The standard InChI is InChI=1S/C19H19N3O13S4.Na/c23-16-10-13(38(29,30)31)9-12-5-6-15(20-11-37(26,27)28)19(18(12)16)22-21-14-3-1-2-4-17(14)36(24,25)8-7-35-39(32,33)34;/h1-6,9-10,20,23H,7-8,11H2,(H,26,27,28)(H,29,30,31)(H,32,33,34);. The van der Waals surface area contributed by atoms with E-state index in [9.17, 15) is 43.3 Å². The fourth-order valence-electron chi connectivity index (χ4n) is 3.23. The van der Waals surface area contributed by atoms with Gasteiger partial charge < -0.3 is 10.4 Å². The van der Waals surface area contributed by atoms with Crippen LogP contribution < -0.4 is 5.32 Å². The Morgan fingerprint density at radius 3 is 2.10 bits per heavy atom. The summed E-state index contributed by atoms with van der Waals surface area (Å²) in [7, 11) is -18.4. The van der Waals surface area contributed by atoms with Gasteiger partial charge >= 0.3 is 10.4 Å². The van der Waals surface area contributed by atoms with Crippen molar-refractivity contribution in [3.63, 3.8) is 0 Å². The molecule has 0 aliphatic heterocycles. The number of phenols is 1. The number of benzene rings is 3. The molecule has 0 aliphatic rings. The first-order chi connectivity index (χ1) is 17.9. The van der Waals surface area contributed by atoms with E-state index in [0.29, 0.717) is 6.07 Å². The first kappa shape index (κ1) is 34.0. The molecule has 3 aromatic rings. The van der Waals surface area contributed by atoms with E-state index in [0.717, 1.165) is 12.1 Å². The summed E-state index contributed by atoms with van der Waals surface area (Å²) in [5.41, 5.74) is -0.728. The summed E-state index contributed by atoms with van der Waals surface area (Å²) in [6, 6.07) is 9.15. The van der Waals surface area contributed by atoms with Crippen molar-refractivity contribution in [1.29, 1.82) is 0 Å². The van der Waals surface area contributed by atoms with Crippen molar-refractivity contribution in [2.45, 2.75) is 9.79 Å². The van der Waals surface area contributed by atoms with Crippen LogP contribution in [-0.2, 0) is 44.7 Å². The molecule has 0 unspecified atom stereocenters. The molecule has 0 amide bonds. The van der Waals surface area contributed by atoms with E-state index >= 15 is 0 Å². The second kappa shape index (κ2) is 12.7. The van der Waals surface area contributed by atoms with Gasteiger partial charge in [0.1, 0.15) is 23.0 Å². The van der Waals surface area contributed by atoms with E-state index in [4.69, 9.17) is 9.11 Å². The average Bonchev–Trinajstić information content (AvgIpc) is 2.79. The monoisotopic (exact) mass is 648 g/mol. The van der Waals surface area contributed by atoms with E-state index in [-0.39, 0.29) is 57.4 Å². The molecule has 0 aliphatic carbocycles. The topological polar surface area (TPSA) is 263 Å². The number of azo groups is 1. The largest absolute Gasteiger partial charge is 0.507 e. The third kappa shape index (κ3) is 9.14. The Morgan fingerprint density at radius 2 is 1.50 bits per heavy atom. The van der Waals surface area contributed by atoms with Gasteiger partial charge in [-0.15, -0.1) is 10.2 Å². The summed E-state index contributed by atoms with van der Waals surface area (Å²) in [6.07, 6.45) is 0. The maximum atomic E-state index is 12.7. The molecule has 1 radical (unpaired) electrons. The molecule has 0 saturated carbocycles. The van der Waals surface area contributed by atoms with Crippen molar-refractivity contribution in [3.8, 4) is 5.75 Å². The van der Waals surface area contributed by atoms with Gasteiger partial charge in [0.05, 0.1) is 33.2 Å². The zero-order valence-corrected chi connectivity index (χ0v) is 25.5. The molecule has 5 N–H and O–H groups in total. The minimum absolute atomic E-state index is 0. The van der Waals surface area contributed by atoms with Crippen LogP contribution in [0.25, 0.3) is 10.8 Å². The molecule has 0 heterocycles. The number of aromatic hydroxyl groups is 1. The Morgan fingerprint density at radius 1 is 0.850 bits per heavy atom. The van der Waals surface area contributed by atoms with Crippen LogP contribution in [0.2, 0.25) is 0 Å². The molecule has 16 nitrogen and oxygen atoms in total. The molecule has 0 bridgehead atoms. The smallest absolute Gasteiger partial charge is 0.397 e. The normalized spacial score (nSPS) is 12.9. The summed E-state index contributed by atoms with van der Waals surface area (Å²) < 4.78 is 124. The molecule has 21 heteroatoms. The number of rotatable bonds is 11. The Balaban J connectivity index is 0.00000560. The Labute approximate surface area is 250 Å². The van der Waals surface area contributed by atoms with Crippen molar-refractivity contribution in [2.24, 2.45) is 10.2 Å². The van der Waals surface area contributed by atoms with Gasteiger partial charge in [0.2, 0.25) is 0 Å². The summed E-state index contributed by atoms with van der Waals surface area (Å²) in [5.74, 6) is -2.62. The van der Waals surface area contributed by atoms with Gasteiger partial charge in [-0.05, 0) is 29.7 Å². The quantitative estimate of drug-likeness (QED) is 0.113. The van der Waals surface area contributed by atoms with Crippen LogP contribution in [0.5, 0.6) is 5.75 Å². The SMILES string of the molecule is O=S(=O)(O)CNc1ccc2cc(S(=O)(=O)O)cc(O)c2c1N=Nc1ccccc1S(=O)(=O)CCOS(=O)(=O)O.[Na]. The van der Waals surface area contributed by atoms with Crippen LogP contribution in [0.15, 0.2) is 68.6 Å². The molecule has 0 atom stereocenters. The van der Waals surface area contributed by atoms with Gasteiger partial charge in [-0.25, -0.2) is 12.6 Å². The van der Waals surface area contributed by atoms with Gasteiger partial charge in [-0.1, -0.05) is 18.2 Å². The van der Waals surface area contributed by atoms with Crippen LogP contribution in [0.3, 0.4) is 0 Å². The van der Waals surface area contributed by atoms with Gasteiger partial charge in [-0.3, -0.25) is 13.7 Å². The van der Waals surface area contributed by atoms with E-state index in [2.05, 4.69) is 19.7 Å². The summed E-state index contributed by atoms with van der Waals surface area (Å²) in [6.45, 7) is -0.913. The van der Waals surface area contributed by atoms with Crippen LogP contribution in [-0.4, -0.2) is 100 Å². The van der Waals surface area contributed by atoms with Crippen molar-refractivity contribution in [3.05, 3.63) is 48.5 Å². The number of fused-ring (bicyclic) bond motifs is 1. The maximum Gasteiger partial charge on any atom is 0.397 e. The second-order valence-electron chi connectivity index (χ2n) is 7.62. The van der Waals surface area contributed by atoms with Gasteiger partial charge in [0, 0.05) is 35.6 Å². The summed E-state index contributed by atoms with van der Waals surface area (Å²) in [4.78, 5) is -1.10. The zero-order valence-electron chi connectivity index (χ0n) is 20.2. The fraction of sp³-hybridized carbons (Fsp3) is 0.158. The van der Waals surface area contributed by atoms with E-state index in [1.165, 1.54) is 30.3 Å². The third-order valence-electron chi connectivity index (χ3n) is 4.83. The van der Waals surface area contributed by atoms with Gasteiger partial charge in [0.15, 0.2) is 9.84 Å². The first-order valence-corrected chi connectivity index (χ1v) is 16.3. The van der Waals surface area contributed by atoms with Crippen molar-refractivity contribution < 1.29 is 56.6 Å². The van der Waals surface area contributed by atoms with Crippen molar-refractivity contribution in [1.82, 2.24) is 0 Å². The number of sulfone groups is 1. The molecule has 40 heavy (non-hydrogen) atoms. The number of nitrogens with zero attached hydrogens (tertiary/aromatic N) is 2. The number of hydrogen-bond donors (Lipinski definition) is 5. The zero-order chi connectivity index (χ0) is 29.2. The van der Waals surface area contributed by atoms with E-state index in [1.807, 2.05) is 0 Å². The molecule has 3 rings (SSSR count). The molecule has 3 aromatic carbocycles. The Kier molecular flexibility index (Phi) is 10.8. The molecule has 0 spiro atoms.